The molecule has 0 bridgehead atoms. The minimum Gasteiger partial charge on any atom is -0.504 e. The van der Waals surface area contributed by atoms with E-state index in [0.717, 1.165) is 18.2 Å². The average molecular weight is 492 g/mol. The number of aromatic hydroxyl groups is 2. The van der Waals surface area contributed by atoms with E-state index in [0.29, 0.717) is 0 Å². The third kappa shape index (κ3) is 7.27. The van der Waals surface area contributed by atoms with Gasteiger partial charge in [-0.3, -0.25) is 18.7 Å². The Labute approximate surface area is 182 Å². The summed E-state index contributed by atoms with van der Waals surface area (Å²) in [7, 11) is -9.04. The summed E-state index contributed by atoms with van der Waals surface area (Å²) >= 11 is 0. The predicted molar refractivity (Wildman–Crippen MR) is 113 cm³/mol. The molecule has 2 aromatic carbocycles. The first-order valence-electron chi connectivity index (χ1n) is 8.18. The van der Waals surface area contributed by atoms with Crippen LogP contribution in [0.3, 0.4) is 0 Å². The van der Waals surface area contributed by atoms with Crippen LogP contribution in [0.4, 0.5) is 22.7 Å². The summed E-state index contributed by atoms with van der Waals surface area (Å²) in [6, 6.07) is 3.87. The van der Waals surface area contributed by atoms with Gasteiger partial charge in [0.1, 0.15) is 4.90 Å². The second-order valence-corrected chi connectivity index (χ2v) is 8.94. The van der Waals surface area contributed by atoms with Crippen LogP contribution < -0.4 is 22.1 Å². The smallest absolute Gasteiger partial charge is 0.298 e. The molecule has 176 valence electrons. The molecule has 32 heavy (non-hydrogen) atoms. The van der Waals surface area contributed by atoms with Crippen molar-refractivity contribution in [3.63, 3.8) is 0 Å². The lowest BCUT2D eigenvalue weighted by Gasteiger charge is -2.09. The summed E-state index contributed by atoms with van der Waals surface area (Å²) in [6.07, 6.45) is 0. The maximum atomic E-state index is 10.9. The predicted octanol–water partition coefficient (Wildman–Crippen LogP) is 0.359. The topological polar surface area (TPSA) is 259 Å². The minimum atomic E-state index is -4.60. The molecule has 2 amide bonds. The lowest BCUT2D eigenvalue weighted by atomic mass is 10.2. The van der Waals surface area contributed by atoms with Gasteiger partial charge in [-0.25, -0.2) is 0 Å². The highest BCUT2D eigenvalue weighted by Crippen LogP contribution is 2.33. The maximum Gasteiger partial charge on any atom is 0.298 e. The van der Waals surface area contributed by atoms with Gasteiger partial charge in [0.05, 0.1) is 22.0 Å². The molecular weight excluding hydrogens is 472 g/mol. The van der Waals surface area contributed by atoms with Crippen LogP contribution in [0.15, 0.2) is 34.1 Å². The van der Waals surface area contributed by atoms with Crippen molar-refractivity contribution in [2.45, 2.75) is 23.6 Å². The highest BCUT2D eigenvalue weighted by atomic mass is 32.2. The number of anilines is 4. The van der Waals surface area contributed by atoms with Gasteiger partial charge >= 0.3 is 0 Å². The van der Waals surface area contributed by atoms with Crippen molar-refractivity contribution in [2.75, 3.05) is 22.1 Å². The fourth-order valence-electron chi connectivity index (χ4n) is 2.16. The first-order valence-corrected chi connectivity index (χ1v) is 11.1. The van der Waals surface area contributed by atoms with Crippen molar-refractivity contribution in [2.24, 2.45) is 0 Å². The van der Waals surface area contributed by atoms with Gasteiger partial charge in [0.25, 0.3) is 20.2 Å². The molecule has 0 aliphatic carbocycles. The molecule has 0 aliphatic heterocycles. The van der Waals surface area contributed by atoms with Crippen LogP contribution >= 0.6 is 0 Å². The van der Waals surface area contributed by atoms with Crippen molar-refractivity contribution >= 4 is 54.8 Å². The molecule has 0 atom stereocenters. The van der Waals surface area contributed by atoms with Gasteiger partial charge < -0.3 is 32.3 Å². The molecule has 0 aliphatic rings. The van der Waals surface area contributed by atoms with E-state index in [9.17, 15) is 36.6 Å². The molecular formula is C16H20N4O10S2. The first-order chi connectivity index (χ1) is 14.4. The number of amides is 2. The summed E-state index contributed by atoms with van der Waals surface area (Å²) < 4.78 is 61.0. The van der Waals surface area contributed by atoms with Crippen molar-refractivity contribution in [1.82, 2.24) is 0 Å². The minimum absolute atomic E-state index is 0.0652. The normalized spacial score (nSPS) is 11.1. The zero-order valence-electron chi connectivity index (χ0n) is 16.5. The third-order valence-electron chi connectivity index (χ3n) is 3.42. The summed E-state index contributed by atoms with van der Waals surface area (Å²) in [6.45, 7) is 2.39. The molecule has 0 saturated carbocycles. The Morgan fingerprint density at radius 1 is 0.781 bits per heavy atom. The van der Waals surface area contributed by atoms with Gasteiger partial charge in [-0.05, 0) is 24.3 Å². The SMILES string of the molecule is CC(=O)Nc1cc(N)c(O)c(S(=O)(=O)O)c1.CC(=O)Nc1cc(S(=O)(=O)O)cc(N)c1O. The van der Waals surface area contributed by atoms with Crippen LogP contribution in [0, 0.1) is 0 Å². The number of carbonyl (C=O) groups excluding carboxylic acids is 2. The molecule has 0 spiro atoms. The monoisotopic (exact) mass is 492 g/mol. The first kappa shape index (κ1) is 26.4. The fraction of sp³-hybridized carbons (Fsp3) is 0.125. The second-order valence-electron chi connectivity index (χ2n) is 6.13. The summed E-state index contributed by atoms with van der Waals surface area (Å²) in [4.78, 5) is 20.2. The van der Waals surface area contributed by atoms with E-state index in [2.05, 4.69) is 10.6 Å². The molecule has 0 heterocycles. The number of nitrogens with one attached hydrogen (secondary N) is 2. The average Bonchev–Trinajstić information content (AvgIpc) is 2.59. The van der Waals surface area contributed by atoms with Gasteiger partial charge in [-0.1, -0.05) is 0 Å². The Bertz CT molecular complexity index is 1270. The zero-order valence-corrected chi connectivity index (χ0v) is 18.2. The van der Waals surface area contributed by atoms with E-state index < -0.39 is 53.3 Å². The molecule has 2 aromatic rings. The molecule has 0 aromatic heterocycles. The summed E-state index contributed by atoms with van der Waals surface area (Å²) in [5.41, 5.74) is 9.99. The molecule has 0 saturated heterocycles. The Balaban J connectivity index is 0.000000320. The molecule has 10 N–H and O–H groups in total. The molecule has 16 heteroatoms. The Morgan fingerprint density at radius 3 is 1.72 bits per heavy atom. The lowest BCUT2D eigenvalue weighted by Crippen LogP contribution is -2.08. The Morgan fingerprint density at radius 2 is 1.28 bits per heavy atom. The van der Waals surface area contributed by atoms with Crippen LogP contribution in [0.25, 0.3) is 0 Å². The largest absolute Gasteiger partial charge is 0.504 e. The number of phenols is 2. The fourth-order valence-corrected chi connectivity index (χ4v) is 3.35. The van der Waals surface area contributed by atoms with Crippen molar-refractivity contribution < 1.29 is 45.7 Å². The van der Waals surface area contributed by atoms with E-state index in [1.165, 1.54) is 19.9 Å². The van der Waals surface area contributed by atoms with Gasteiger partial charge in [-0.15, -0.1) is 0 Å². The number of nitrogens with two attached hydrogens (primary N) is 2. The van der Waals surface area contributed by atoms with E-state index in [-0.39, 0.29) is 22.7 Å². The quantitative estimate of drug-likeness (QED) is 0.124. The Hall–Kier alpha value is -3.60. The molecule has 2 rings (SSSR count). The second kappa shape index (κ2) is 9.69. The number of rotatable bonds is 4. The number of carbonyl (C=O) groups is 2. The van der Waals surface area contributed by atoms with Crippen LogP contribution in [-0.2, 0) is 29.8 Å². The van der Waals surface area contributed by atoms with Crippen LogP contribution in [0.1, 0.15) is 13.8 Å². The maximum absolute atomic E-state index is 10.9. The number of phenolic OH excluding ortho intramolecular Hbond substituents is 2. The van der Waals surface area contributed by atoms with Gasteiger partial charge in [0, 0.05) is 19.5 Å². The third-order valence-corrected chi connectivity index (χ3v) is 5.12. The van der Waals surface area contributed by atoms with Crippen molar-refractivity contribution in [1.29, 1.82) is 0 Å². The van der Waals surface area contributed by atoms with Gasteiger partial charge in [-0.2, -0.15) is 16.8 Å². The number of hydrogen-bond donors (Lipinski definition) is 8. The zero-order chi connectivity index (χ0) is 25.0. The van der Waals surface area contributed by atoms with Crippen molar-refractivity contribution in [3.05, 3.63) is 24.3 Å². The number of nitrogen functional groups attached to an aromatic ring is 2. The van der Waals surface area contributed by atoms with E-state index in [1.54, 1.807) is 0 Å². The highest BCUT2D eigenvalue weighted by Gasteiger charge is 2.19. The molecule has 0 radical (unpaired) electrons. The van der Waals surface area contributed by atoms with Crippen molar-refractivity contribution in [3.8, 4) is 11.5 Å². The van der Waals surface area contributed by atoms with Gasteiger partial charge in [0.15, 0.2) is 11.5 Å². The number of hydrogen-bond acceptors (Lipinski definition) is 10. The van der Waals surface area contributed by atoms with E-state index in [1.807, 2.05) is 0 Å². The van der Waals surface area contributed by atoms with E-state index >= 15 is 0 Å². The Kier molecular flexibility index (Phi) is 8.00. The van der Waals surface area contributed by atoms with Gasteiger partial charge in [0.2, 0.25) is 11.8 Å². The van der Waals surface area contributed by atoms with E-state index in [4.69, 9.17) is 20.6 Å². The summed E-state index contributed by atoms with van der Waals surface area (Å²) in [5.74, 6) is -2.16. The molecule has 0 unspecified atom stereocenters. The number of benzene rings is 2. The standard InChI is InChI=1S/2C8H10N2O5S/c1-4(11)10-7-3-5(16(13,14)15)2-6(9)8(7)12;1-4(11)10-5-2-6(9)8(12)7(3-5)16(13,14)15/h2*2-3,12H,9H2,1H3,(H,10,11)(H,13,14,15). The van der Waals surface area contributed by atoms with Crippen LogP contribution in [0.5, 0.6) is 11.5 Å². The summed E-state index contributed by atoms with van der Waals surface area (Å²) in [5, 5.41) is 23.2. The highest BCUT2D eigenvalue weighted by molar-refractivity contribution is 7.86. The van der Waals surface area contributed by atoms with Crippen LogP contribution in [0.2, 0.25) is 0 Å². The van der Waals surface area contributed by atoms with Crippen LogP contribution in [-0.4, -0.2) is 48.0 Å². The molecule has 0 fully saturated rings. The lowest BCUT2D eigenvalue weighted by molar-refractivity contribution is -0.115. The molecule has 14 nitrogen and oxygen atoms in total.